The highest BCUT2D eigenvalue weighted by atomic mass is 35.5. The van der Waals surface area contributed by atoms with Gasteiger partial charge in [0.25, 0.3) is 5.91 Å². The number of ether oxygens (including phenoxy) is 2. The van der Waals surface area contributed by atoms with Gasteiger partial charge in [-0.2, -0.15) is 0 Å². The van der Waals surface area contributed by atoms with Crippen LogP contribution >= 0.6 is 23.2 Å². The first-order chi connectivity index (χ1) is 17.9. The fourth-order valence-corrected chi connectivity index (χ4v) is 5.18. The van der Waals surface area contributed by atoms with E-state index < -0.39 is 23.5 Å². The SMILES string of the molecule is COc1cccc2cc(C(=O)C3=C(O)C(=O)N(CCCN4CCOCC4)C3c3ccc(Cl)c(Cl)c3)oc12. The van der Waals surface area contributed by atoms with Crippen molar-refractivity contribution in [2.45, 2.75) is 12.5 Å². The minimum atomic E-state index is -0.852. The molecule has 0 aliphatic carbocycles. The standard InChI is InChI=1S/C27H26Cl2N2O6/c1-35-20-5-2-4-17-15-21(37-26(17)20)24(32)22-23(16-6-7-18(28)19(29)14-16)31(27(34)25(22)33)9-3-8-30-10-12-36-13-11-30/h2,4-7,14-15,23,33H,3,8-13H2,1H3. The topological polar surface area (TPSA) is 92.5 Å². The predicted octanol–water partition coefficient (Wildman–Crippen LogP) is 5.05. The number of aliphatic hydroxyl groups is 1. The van der Waals surface area contributed by atoms with Crippen molar-refractivity contribution in [3.63, 3.8) is 0 Å². The Morgan fingerprint density at radius 2 is 1.89 bits per heavy atom. The number of morpholine rings is 1. The summed E-state index contributed by atoms with van der Waals surface area (Å²) in [7, 11) is 1.51. The zero-order chi connectivity index (χ0) is 26.1. The van der Waals surface area contributed by atoms with Crippen molar-refractivity contribution in [1.29, 1.82) is 0 Å². The molecule has 1 atom stereocenters. The number of carbonyl (C=O) groups is 2. The number of aliphatic hydroxyl groups excluding tert-OH is 1. The Kier molecular flexibility index (Phi) is 7.44. The van der Waals surface area contributed by atoms with Gasteiger partial charge in [0, 0.05) is 31.6 Å². The molecule has 1 unspecified atom stereocenters. The monoisotopic (exact) mass is 544 g/mol. The number of methoxy groups -OCH3 is 1. The lowest BCUT2D eigenvalue weighted by Crippen LogP contribution is -2.39. The summed E-state index contributed by atoms with van der Waals surface area (Å²) in [6.45, 7) is 4.10. The lowest BCUT2D eigenvalue weighted by atomic mass is 9.95. The van der Waals surface area contributed by atoms with Crippen LogP contribution in [0.3, 0.4) is 0 Å². The van der Waals surface area contributed by atoms with Crippen molar-refractivity contribution in [3.05, 3.63) is 75.2 Å². The van der Waals surface area contributed by atoms with Gasteiger partial charge in [0.15, 0.2) is 22.9 Å². The van der Waals surface area contributed by atoms with Gasteiger partial charge in [-0.3, -0.25) is 14.5 Å². The van der Waals surface area contributed by atoms with Gasteiger partial charge in [-0.1, -0.05) is 41.4 Å². The Balaban J connectivity index is 1.49. The Hall–Kier alpha value is -3.04. The number of hydrogen-bond acceptors (Lipinski definition) is 7. The molecular weight excluding hydrogens is 519 g/mol. The summed E-state index contributed by atoms with van der Waals surface area (Å²) in [6.07, 6.45) is 0.653. The van der Waals surface area contributed by atoms with Crippen molar-refractivity contribution in [2.75, 3.05) is 46.5 Å². The summed E-state index contributed by atoms with van der Waals surface area (Å²) in [5.41, 5.74) is 0.911. The average molecular weight is 545 g/mol. The van der Waals surface area contributed by atoms with Gasteiger partial charge in [0.05, 0.1) is 42.0 Å². The number of fused-ring (bicyclic) bond motifs is 1. The Labute approximate surface area is 223 Å². The quantitative estimate of drug-likeness (QED) is 0.396. The van der Waals surface area contributed by atoms with Gasteiger partial charge < -0.3 is 23.9 Å². The second-order valence-electron chi connectivity index (χ2n) is 8.96. The number of benzene rings is 2. The van der Waals surface area contributed by atoms with Gasteiger partial charge in [-0.25, -0.2) is 0 Å². The van der Waals surface area contributed by atoms with Crippen LogP contribution in [0.25, 0.3) is 11.0 Å². The third-order valence-electron chi connectivity index (χ3n) is 6.74. The molecule has 8 nitrogen and oxygen atoms in total. The highest BCUT2D eigenvalue weighted by Gasteiger charge is 2.44. The van der Waals surface area contributed by atoms with Crippen LogP contribution in [0.2, 0.25) is 10.0 Å². The van der Waals surface area contributed by atoms with E-state index in [0.717, 1.165) is 19.6 Å². The van der Waals surface area contributed by atoms with Crippen LogP contribution in [-0.4, -0.2) is 73.1 Å². The molecule has 2 aliphatic heterocycles. The minimum Gasteiger partial charge on any atom is -0.503 e. The molecular formula is C27H26Cl2N2O6. The van der Waals surface area contributed by atoms with Crippen molar-refractivity contribution in [1.82, 2.24) is 9.80 Å². The number of Topliss-reactive ketones (excluding diaryl/α,β-unsaturated/α-hetero) is 1. The maximum absolute atomic E-state index is 13.8. The molecule has 3 aromatic rings. The van der Waals surface area contributed by atoms with E-state index in [-0.39, 0.29) is 16.4 Å². The van der Waals surface area contributed by atoms with Crippen LogP contribution in [0, 0.1) is 0 Å². The fraction of sp³-hybridized carbons (Fsp3) is 0.333. The van der Waals surface area contributed by atoms with Gasteiger partial charge in [0.1, 0.15) is 0 Å². The second kappa shape index (κ2) is 10.8. The number of carbonyl (C=O) groups excluding carboxylic acids is 2. The van der Waals surface area contributed by atoms with E-state index in [4.69, 9.17) is 37.1 Å². The van der Waals surface area contributed by atoms with E-state index in [9.17, 15) is 14.7 Å². The summed E-state index contributed by atoms with van der Waals surface area (Å²) < 4.78 is 16.6. The molecule has 0 radical (unpaired) electrons. The van der Waals surface area contributed by atoms with E-state index in [0.29, 0.717) is 53.5 Å². The van der Waals surface area contributed by atoms with Crippen LogP contribution in [0.4, 0.5) is 0 Å². The third-order valence-corrected chi connectivity index (χ3v) is 7.48. The maximum atomic E-state index is 13.8. The molecule has 0 saturated carbocycles. The number of nitrogens with zero attached hydrogens (tertiary/aromatic N) is 2. The normalized spacial score (nSPS) is 18.7. The number of hydrogen-bond donors (Lipinski definition) is 1. The molecule has 1 saturated heterocycles. The number of amides is 1. The van der Waals surface area contributed by atoms with Crippen LogP contribution in [0.5, 0.6) is 5.75 Å². The first-order valence-corrected chi connectivity index (χ1v) is 12.7. The van der Waals surface area contributed by atoms with E-state index in [2.05, 4.69) is 4.90 Å². The summed E-state index contributed by atoms with van der Waals surface area (Å²) in [5.74, 6) is -1.33. The number of ketones is 1. The molecule has 1 N–H and O–H groups in total. The molecule has 5 rings (SSSR count). The number of furan rings is 1. The molecule has 10 heteroatoms. The maximum Gasteiger partial charge on any atom is 0.290 e. The average Bonchev–Trinajstić information content (AvgIpc) is 3.45. The van der Waals surface area contributed by atoms with Crippen molar-refractivity contribution >= 4 is 45.9 Å². The Morgan fingerprint density at radius 3 is 2.62 bits per heavy atom. The number of halogens is 2. The molecule has 3 heterocycles. The van der Waals surface area contributed by atoms with Gasteiger partial charge in [0.2, 0.25) is 5.78 Å². The summed E-state index contributed by atoms with van der Waals surface area (Å²) >= 11 is 12.4. The van der Waals surface area contributed by atoms with Crippen molar-refractivity contribution in [2.24, 2.45) is 0 Å². The Morgan fingerprint density at radius 1 is 1.11 bits per heavy atom. The minimum absolute atomic E-state index is 0.00548. The third kappa shape index (κ3) is 4.94. The molecule has 2 aliphatic rings. The molecule has 2 aromatic carbocycles. The van der Waals surface area contributed by atoms with Gasteiger partial charge in [-0.05, 0) is 36.2 Å². The van der Waals surface area contributed by atoms with E-state index in [1.165, 1.54) is 12.0 Å². The number of para-hydroxylation sites is 1. The summed E-state index contributed by atoms with van der Waals surface area (Å²) in [5, 5.41) is 12.3. The molecule has 1 aromatic heterocycles. The Bertz CT molecular complexity index is 1380. The molecule has 0 spiro atoms. The van der Waals surface area contributed by atoms with E-state index >= 15 is 0 Å². The van der Waals surface area contributed by atoms with Crippen molar-refractivity contribution in [3.8, 4) is 5.75 Å². The molecule has 1 amide bonds. The molecule has 0 bridgehead atoms. The number of rotatable bonds is 8. The van der Waals surface area contributed by atoms with E-state index in [1.54, 1.807) is 42.5 Å². The lowest BCUT2D eigenvalue weighted by molar-refractivity contribution is -0.129. The smallest absolute Gasteiger partial charge is 0.290 e. The highest BCUT2D eigenvalue weighted by Crippen LogP contribution is 2.41. The van der Waals surface area contributed by atoms with Crippen LogP contribution in [0.1, 0.15) is 28.6 Å². The highest BCUT2D eigenvalue weighted by molar-refractivity contribution is 6.42. The van der Waals surface area contributed by atoms with Gasteiger partial charge >= 0.3 is 0 Å². The van der Waals surface area contributed by atoms with E-state index in [1.807, 2.05) is 0 Å². The molecule has 1 fully saturated rings. The largest absolute Gasteiger partial charge is 0.503 e. The lowest BCUT2D eigenvalue weighted by Gasteiger charge is -2.30. The molecule has 37 heavy (non-hydrogen) atoms. The summed E-state index contributed by atoms with van der Waals surface area (Å²) in [4.78, 5) is 30.8. The first kappa shape index (κ1) is 25.6. The van der Waals surface area contributed by atoms with Crippen molar-refractivity contribution < 1.29 is 28.6 Å². The second-order valence-corrected chi connectivity index (χ2v) is 9.78. The zero-order valence-electron chi connectivity index (χ0n) is 20.2. The van der Waals surface area contributed by atoms with Crippen LogP contribution in [-0.2, 0) is 9.53 Å². The predicted molar refractivity (Wildman–Crippen MR) is 140 cm³/mol. The zero-order valence-corrected chi connectivity index (χ0v) is 21.7. The van der Waals surface area contributed by atoms with Crippen LogP contribution in [0.15, 0.2) is 58.2 Å². The summed E-state index contributed by atoms with van der Waals surface area (Å²) in [6, 6.07) is 11.0. The fourth-order valence-electron chi connectivity index (χ4n) is 4.88. The molecule has 194 valence electrons. The van der Waals surface area contributed by atoms with Crippen LogP contribution < -0.4 is 4.74 Å². The first-order valence-electron chi connectivity index (χ1n) is 12.0. The van der Waals surface area contributed by atoms with Gasteiger partial charge in [-0.15, -0.1) is 0 Å².